The van der Waals surface area contributed by atoms with Gasteiger partial charge in [-0.15, -0.1) is 24.0 Å². The maximum Gasteiger partial charge on any atom is 0.407 e. The molecule has 8 heteroatoms. The average Bonchev–Trinajstić information content (AvgIpc) is 2.57. The van der Waals surface area contributed by atoms with Crippen LogP contribution in [0.1, 0.15) is 45.6 Å². The van der Waals surface area contributed by atoms with Crippen LogP contribution < -0.4 is 20.7 Å². The predicted octanol–water partition coefficient (Wildman–Crippen LogP) is 3.43. The van der Waals surface area contributed by atoms with Crippen LogP contribution in [0.5, 0.6) is 5.75 Å². The Balaban J connectivity index is 0.00000392. The van der Waals surface area contributed by atoms with Crippen LogP contribution in [0, 0.1) is 0 Å². The van der Waals surface area contributed by atoms with Crippen LogP contribution in [0.2, 0.25) is 0 Å². The Kier molecular flexibility index (Phi) is 10.4. The van der Waals surface area contributed by atoms with Crippen LogP contribution >= 0.6 is 24.0 Å². The summed E-state index contributed by atoms with van der Waals surface area (Å²) in [5, 5.41) is 9.15. The zero-order valence-electron chi connectivity index (χ0n) is 17.2. The van der Waals surface area contributed by atoms with E-state index in [4.69, 9.17) is 9.47 Å². The third-order valence-electron chi connectivity index (χ3n) is 4.07. The third-order valence-corrected chi connectivity index (χ3v) is 4.07. The second-order valence-corrected chi connectivity index (χ2v) is 7.56. The van der Waals surface area contributed by atoms with Crippen molar-refractivity contribution in [3.63, 3.8) is 0 Å². The number of benzene rings is 1. The van der Waals surface area contributed by atoms with E-state index in [1.54, 1.807) is 7.05 Å². The van der Waals surface area contributed by atoms with Crippen molar-refractivity contribution >= 4 is 36.0 Å². The second kappa shape index (κ2) is 12.0. The third kappa shape index (κ3) is 8.99. The molecule has 0 saturated heterocycles. The molecule has 0 aliphatic heterocycles. The average molecular weight is 504 g/mol. The highest BCUT2D eigenvalue weighted by molar-refractivity contribution is 14.0. The molecule has 1 aromatic carbocycles. The fourth-order valence-electron chi connectivity index (χ4n) is 2.49. The summed E-state index contributed by atoms with van der Waals surface area (Å²) in [5.74, 6) is 1.59. The Hall–Kier alpha value is -1.71. The molecule has 7 nitrogen and oxygen atoms in total. The van der Waals surface area contributed by atoms with Gasteiger partial charge < -0.3 is 25.4 Å². The summed E-state index contributed by atoms with van der Waals surface area (Å²) in [6, 6.07) is 8.06. The molecule has 1 aliphatic carbocycles. The molecular weight excluding hydrogens is 471 g/mol. The number of amides is 1. The quantitative estimate of drug-likeness (QED) is 0.230. The molecule has 0 unspecified atom stereocenters. The van der Waals surface area contributed by atoms with Crippen molar-refractivity contribution in [1.82, 2.24) is 16.0 Å². The van der Waals surface area contributed by atoms with E-state index in [0.29, 0.717) is 31.7 Å². The molecule has 0 aromatic heterocycles. The maximum absolute atomic E-state index is 11.6. The van der Waals surface area contributed by atoms with Gasteiger partial charge in [0.15, 0.2) is 5.96 Å². The van der Waals surface area contributed by atoms with E-state index < -0.39 is 11.7 Å². The van der Waals surface area contributed by atoms with Gasteiger partial charge >= 0.3 is 6.09 Å². The normalized spacial score (nSPS) is 14.4. The SMILES string of the molecule is CN=C(NCCNC(=O)OC(C)(C)C)NCc1ccccc1OC1CCC1.I. The number of rotatable bonds is 7. The molecule has 1 aromatic rings. The van der Waals surface area contributed by atoms with E-state index in [9.17, 15) is 4.79 Å². The molecule has 2 rings (SSSR count). The van der Waals surface area contributed by atoms with E-state index in [1.165, 1.54) is 6.42 Å². The fraction of sp³-hybridized carbons (Fsp3) is 0.600. The molecule has 3 N–H and O–H groups in total. The Bertz CT molecular complexity index is 643. The first-order chi connectivity index (χ1) is 12.9. The number of para-hydroxylation sites is 1. The molecule has 1 aliphatic rings. The summed E-state index contributed by atoms with van der Waals surface area (Å²) in [6.07, 6.45) is 3.45. The van der Waals surface area contributed by atoms with Crippen LogP contribution in [0.25, 0.3) is 0 Å². The van der Waals surface area contributed by atoms with E-state index in [-0.39, 0.29) is 24.0 Å². The number of carbonyl (C=O) groups is 1. The van der Waals surface area contributed by atoms with Gasteiger partial charge in [0, 0.05) is 32.2 Å². The number of hydrogen-bond acceptors (Lipinski definition) is 4. The van der Waals surface area contributed by atoms with Gasteiger partial charge in [-0.3, -0.25) is 4.99 Å². The summed E-state index contributed by atoms with van der Waals surface area (Å²) in [6.45, 7) is 7.10. The molecule has 0 radical (unpaired) electrons. The van der Waals surface area contributed by atoms with Crippen LogP contribution in [0.3, 0.4) is 0 Å². The Labute approximate surface area is 185 Å². The van der Waals surface area contributed by atoms with Crippen molar-refractivity contribution < 1.29 is 14.3 Å². The molecule has 1 saturated carbocycles. The van der Waals surface area contributed by atoms with E-state index in [2.05, 4.69) is 27.0 Å². The number of guanidine groups is 1. The molecule has 0 spiro atoms. The predicted molar refractivity (Wildman–Crippen MR) is 123 cm³/mol. The molecule has 1 amide bonds. The number of ether oxygens (including phenoxy) is 2. The van der Waals surface area contributed by atoms with Crippen molar-refractivity contribution in [1.29, 1.82) is 0 Å². The lowest BCUT2D eigenvalue weighted by Gasteiger charge is -2.27. The first-order valence-corrected chi connectivity index (χ1v) is 9.53. The minimum absolute atomic E-state index is 0. The molecule has 0 bridgehead atoms. The lowest BCUT2D eigenvalue weighted by Crippen LogP contribution is -2.42. The summed E-state index contributed by atoms with van der Waals surface area (Å²) in [7, 11) is 1.72. The topological polar surface area (TPSA) is 84.0 Å². The summed E-state index contributed by atoms with van der Waals surface area (Å²) in [4.78, 5) is 15.8. The highest BCUT2D eigenvalue weighted by Crippen LogP contribution is 2.27. The fourth-order valence-corrected chi connectivity index (χ4v) is 2.49. The highest BCUT2D eigenvalue weighted by Gasteiger charge is 2.20. The van der Waals surface area contributed by atoms with E-state index in [0.717, 1.165) is 24.2 Å². The minimum Gasteiger partial charge on any atom is -0.490 e. The first-order valence-electron chi connectivity index (χ1n) is 9.53. The van der Waals surface area contributed by atoms with Crippen molar-refractivity contribution in [2.75, 3.05) is 20.1 Å². The number of alkyl carbamates (subject to hydrolysis) is 1. The smallest absolute Gasteiger partial charge is 0.407 e. The number of carbonyl (C=O) groups excluding carboxylic acids is 1. The highest BCUT2D eigenvalue weighted by atomic mass is 127. The number of nitrogens with one attached hydrogen (secondary N) is 3. The lowest BCUT2D eigenvalue weighted by molar-refractivity contribution is 0.0529. The van der Waals surface area contributed by atoms with Crippen LogP contribution in [-0.2, 0) is 11.3 Å². The van der Waals surface area contributed by atoms with Crippen molar-refractivity contribution in [2.45, 2.75) is 58.3 Å². The number of aliphatic imine (C=N–C) groups is 1. The van der Waals surface area contributed by atoms with E-state index >= 15 is 0 Å². The van der Waals surface area contributed by atoms with Gasteiger partial charge in [0.1, 0.15) is 11.4 Å². The van der Waals surface area contributed by atoms with Crippen LogP contribution in [0.4, 0.5) is 4.79 Å². The molecule has 158 valence electrons. The lowest BCUT2D eigenvalue weighted by atomic mass is 9.96. The molecule has 0 heterocycles. The molecular formula is C20H33IN4O3. The van der Waals surface area contributed by atoms with Gasteiger partial charge in [-0.05, 0) is 46.1 Å². The van der Waals surface area contributed by atoms with Crippen LogP contribution in [0.15, 0.2) is 29.3 Å². The summed E-state index contributed by atoms with van der Waals surface area (Å²) < 4.78 is 11.2. The van der Waals surface area contributed by atoms with Crippen molar-refractivity contribution in [3.05, 3.63) is 29.8 Å². The maximum atomic E-state index is 11.6. The Morgan fingerprint density at radius 3 is 2.43 bits per heavy atom. The van der Waals surface area contributed by atoms with Gasteiger partial charge in [0.2, 0.25) is 0 Å². The zero-order chi connectivity index (χ0) is 19.7. The Morgan fingerprint density at radius 2 is 1.82 bits per heavy atom. The summed E-state index contributed by atoms with van der Waals surface area (Å²) in [5.41, 5.74) is 0.601. The largest absolute Gasteiger partial charge is 0.490 e. The standard InChI is InChI=1S/C20H32N4O3.HI/c1-20(2,3)27-19(25)23-13-12-22-18(21-4)24-14-15-8-5-6-11-17(15)26-16-9-7-10-16;/h5-6,8,11,16H,7,9-10,12-14H2,1-4H3,(H,23,25)(H2,21,22,24);1H. The minimum atomic E-state index is -0.496. The molecule has 0 atom stereocenters. The van der Waals surface area contributed by atoms with Crippen LogP contribution in [-0.4, -0.2) is 43.9 Å². The Morgan fingerprint density at radius 1 is 1.14 bits per heavy atom. The van der Waals surface area contributed by atoms with Gasteiger partial charge in [0.05, 0.1) is 6.10 Å². The van der Waals surface area contributed by atoms with Crippen molar-refractivity contribution in [2.24, 2.45) is 4.99 Å². The van der Waals surface area contributed by atoms with Crippen molar-refractivity contribution in [3.8, 4) is 5.75 Å². The molecule has 28 heavy (non-hydrogen) atoms. The van der Waals surface area contributed by atoms with Gasteiger partial charge in [0.25, 0.3) is 0 Å². The first kappa shape index (κ1) is 24.3. The number of nitrogens with zero attached hydrogens (tertiary/aromatic N) is 1. The van der Waals surface area contributed by atoms with E-state index in [1.807, 2.05) is 39.0 Å². The second-order valence-electron chi connectivity index (χ2n) is 7.56. The monoisotopic (exact) mass is 504 g/mol. The number of halogens is 1. The van der Waals surface area contributed by atoms with Gasteiger partial charge in [-0.1, -0.05) is 18.2 Å². The summed E-state index contributed by atoms with van der Waals surface area (Å²) >= 11 is 0. The zero-order valence-corrected chi connectivity index (χ0v) is 19.5. The van der Waals surface area contributed by atoms with Gasteiger partial charge in [-0.25, -0.2) is 4.79 Å². The van der Waals surface area contributed by atoms with Gasteiger partial charge in [-0.2, -0.15) is 0 Å². The molecule has 1 fully saturated rings. The number of hydrogen-bond donors (Lipinski definition) is 3.